The van der Waals surface area contributed by atoms with Crippen LogP contribution in [-0.2, 0) is 28.9 Å². The van der Waals surface area contributed by atoms with Gasteiger partial charge in [0.15, 0.2) is 0 Å². The Morgan fingerprint density at radius 3 is 2.44 bits per heavy atom. The lowest BCUT2D eigenvalue weighted by Crippen LogP contribution is -2.44. The van der Waals surface area contributed by atoms with Crippen LogP contribution in [0.3, 0.4) is 0 Å². The van der Waals surface area contributed by atoms with Crippen LogP contribution in [-0.4, -0.2) is 53.9 Å². The van der Waals surface area contributed by atoms with Gasteiger partial charge < -0.3 is 4.74 Å². The molecule has 96 valence electrons. The van der Waals surface area contributed by atoms with Gasteiger partial charge in [-0.1, -0.05) is 0 Å². The van der Waals surface area contributed by atoms with Crippen molar-refractivity contribution in [1.29, 1.82) is 0 Å². The first-order valence-corrected chi connectivity index (χ1v) is 8.38. The van der Waals surface area contributed by atoms with E-state index in [0.717, 1.165) is 13.4 Å². The van der Waals surface area contributed by atoms with Crippen LogP contribution in [0, 0.1) is 0 Å². The van der Waals surface area contributed by atoms with Crippen molar-refractivity contribution < 1.29 is 25.8 Å². The highest BCUT2D eigenvalue weighted by Gasteiger charge is 2.38. The van der Waals surface area contributed by atoms with Crippen molar-refractivity contribution in [3.8, 4) is 0 Å². The lowest BCUT2D eigenvalue weighted by Gasteiger charge is -2.29. The second-order valence-corrected chi connectivity index (χ2v) is 7.95. The van der Waals surface area contributed by atoms with E-state index in [4.69, 9.17) is 4.74 Å². The fraction of sp³-hybridized carbons (Fsp3) is 1.00. The van der Waals surface area contributed by atoms with Gasteiger partial charge in [0.05, 0.1) is 19.0 Å². The highest BCUT2D eigenvalue weighted by molar-refractivity contribution is 7.91. The van der Waals surface area contributed by atoms with Gasteiger partial charge in [-0.05, 0) is 12.8 Å². The van der Waals surface area contributed by atoms with Crippen LogP contribution in [0.4, 0.5) is 0 Å². The molecule has 0 amide bonds. The highest BCUT2D eigenvalue weighted by Crippen LogP contribution is 2.23. The third kappa shape index (κ3) is 3.69. The van der Waals surface area contributed by atoms with Crippen molar-refractivity contribution in [2.45, 2.75) is 24.2 Å². The van der Waals surface area contributed by atoms with Crippen LogP contribution in [0.5, 0.6) is 0 Å². The minimum Gasteiger partial charge on any atom is -0.376 e. The summed E-state index contributed by atoms with van der Waals surface area (Å²) in [5.74, 6) is -0.291. The zero-order valence-electron chi connectivity index (χ0n) is 9.25. The Hall–Kier alpha value is -0.180. The smallest absolute Gasteiger partial charge is 0.272 e. The summed E-state index contributed by atoms with van der Waals surface area (Å²) in [5, 5.41) is -0.888. The molecule has 2 atom stereocenters. The topological polar surface area (TPSA) is 86.7 Å². The monoisotopic (exact) mass is 272 g/mol. The summed E-state index contributed by atoms with van der Waals surface area (Å²) < 4.78 is 55.0. The summed E-state index contributed by atoms with van der Waals surface area (Å²) in [6, 6.07) is 0. The molecule has 16 heavy (non-hydrogen) atoms. The van der Waals surface area contributed by atoms with Gasteiger partial charge in [0.1, 0.15) is 15.1 Å². The lowest BCUT2D eigenvalue weighted by atomic mass is 10.1. The van der Waals surface area contributed by atoms with E-state index in [9.17, 15) is 16.8 Å². The molecule has 0 saturated carbocycles. The van der Waals surface area contributed by atoms with E-state index in [1.54, 1.807) is 0 Å². The Kier molecular flexibility index (Phi) is 4.33. The van der Waals surface area contributed by atoms with E-state index >= 15 is 0 Å². The van der Waals surface area contributed by atoms with Crippen LogP contribution >= 0.6 is 0 Å². The predicted octanol–water partition coefficient (Wildman–Crippen LogP) is -0.445. The van der Waals surface area contributed by atoms with Crippen molar-refractivity contribution in [3.63, 3.8) is 0 Å². The molecule has 0 spiro atoms. The quantitative estimate of drug-likeness (QED) is 0.645. The van der Waals surface area contributed by atoms with E-state index in [2.05, 4.69) is 4.18 Å². The summed E-state index contributed by atoms with van der Waals surface area (Å²) in [7, 11) is -5.93. The normalized spacial score (nSPS) is 27.9. The van der Waals surface area contributed by atoms with Crippen molar-refractivity contribution in [3.05, 3.63) is 0 Å². The molecule has 8 heteroatoms. The third-order valence-corrected chi connectivity index (χ3v) is 5.13. The Labute approximate surface area is 96.0 Å². The van der Waals surface area contributed by atoms with E-state index < -0.39 is 31.3 Å². The van der Waals surface area contributed by atoms with Gasteiger partial charge >= 0.3 is 0 Å². The summed E-state index contributed by atoms with van der Waals surface area (Å²) in [5.41, 5.74) is 0. The number of sulfone groups is 1. The van der Waals surface area contributed by atoms with Crippen LogP contribution in [0.25, 0.3) is 0 Å². The molecule has 1 heterocycles. The molecule has 0 bridgehead atoms. The molecule has 0 aliphatic carbocycles. The largest absolute Gasteiger partial charge is 0.376 e. The van der Waals surface area contributed by atoms with Gasteiger partial charge in [-0.2, -0.15) is 8.42 Å². The molecular formula is C8H16O6S2. The summed E-state index contributed by atoms with van der Waals surface area (Å²) in [4.78, 5) is 0. The fourth-order valence-electron chi connectivity index (χ4n) is 1.72. The van der Waals surface area contributed by atoms with Crippen LogP contribution in [0.15, 0.2) is 0 Å². The predicted molar refractivity (Wildman–Crippen MR) is 58.4 cm³/mol. The van der Waals surface area contributed by atoms with Crippen LogP contribution < -0.4 is 0 Å². The average molecular weight is 272 g/mol. The summed E-state index contributed by atoms with van der Waals surface area (Å²) in [6.07, 6.45) is 1.19. The molecule has 0 aromatic rings. The first-order chi connectivity index (χ1) is 7.26. The van der Waals surface area contributed by atoms with Gasteiger partial charge in [0.2, 0.25) is 0 Å². The Morgan fingerprint density at radius 1 is 1.31 bits per heavy atom. The number of ether oxygens (including phenoxy) is 1. The van der Waals surface area contributed by atoms with Gasteiger partial charge in [0, 0.05) is 12.9 Å². The maximum atomic E-state index is 11.6. The molecule has 1 rings (SSSR count). The Bertz CT molecular complexity index is 423. The van der Waals surface area contributed by atoms with Crippen LogP contribution in [0.1, 0.15) is 12.8 Å². The molecule has 1 aliphatic rings. The van der Waals surface area contributed by atoms with E-state index in [0.29, 0.717) is 19.4 Å². The van der Waals surface area contributed by atoms with E-state index in [1.165, 1.54) is 0 Å². The number of rotatable bonds is 4. The molecule has 0 aromatic heterocycles. The minimum absolute atomic E-state index is 0.291. The third-order valence-electron chi connectivity index (χ3n) is 2.45. The molecular weight excluding hydrogens is 256 g/mol. The maximum Gasteiger partial charge on any atom is 0.272 e. The first kappa shape index (κ1) is 13.9. The van der Waals surface area contributed by atoms with Gasteiger partial charge in [0.25, 0.3) is 10.1 Å². The van der Waals surface area contributed by atoms with Crippen molar-refractivity contribution in [1.82, 2.24) is 0 Å². The van der Waals surface area contributed by atoms with E-state index in [-0.39, 0.29) is 5.75 Å². The second-order valence-electron chi connectivity index (χ2n) is 3.84. The van der Waals surface area contributed by atoms with Crippen molar-refractivity contribution in [2.75, 3.05) is 25.7 Å². The minimum atomic E-state index is -3.73. The molecule has 1 saturated heterocycles. The molecule has 0 unspecified atom stereocenters. The van der Waals surface area contributed by atoms with E-state index in [1.807, 2.05) is 0 Å². The SMILES string of the molecule is COS(=O)(=O)[C@H]1CCCO[C@@H]1CS(C)(=O)=O. The second kappa shape index (κ2) is 4.99. The summed E-state index contributed by atoms with van der Waals surface area (Å²) in [6.45, 7) is 0.385. The number of hydrogen-bond acceptors (Lipinski definition) is 6. The average Bonchev–Trinajstić information content (AvgIpc) is 2.16. The Morgan fingerprint density at radius 2 is 1.94 bits per heavy atom. The summed E-state index contributed by atoms with van der Waals surface area (Å²) >= 11 is 0. The standard InChI is InChI=1S/C8H16O6S2/c1-13-16(11,12)8-4-3-5-14-7(8)6-15(2,9)10/h7-8H,3-6H2,1-2H3/t7-,8+/m1/s1. The number of hydrogen-bond donors (Lipinski definition) is 0. The molecule has 1 fully saturated rings. The first-order valence-electron chi connectivity index (χ1n) is 4.85. The molecule has 1 aliphatic heterocycles. The van der Waals surface area contributed by atoms with Gasteiger partial charge in [-0.15, -0.1) is 0 Å². The fourth-order valence-corrected chi connectivity index (χ4v) is 4.02. The molecule has 6 nitrogen and oxygen atoms in total. The van der Waals surface area contributed by atoms with Crippen molar-refractivity contribution in [2.24, 2.45) is 0 Å². The van der Waals surface area contributed by atoms with Crippen LogP contribution in [0.2, 0.25) is 0 Å². The Balaban J connectivity index is 2.88. The van der Waals surface area contributed by atoms with Gasteiger partial charge in [-0.3, -0.25) is 4.18 Å². The zero-order chi connectivity index (χ0) is 12.4. The maximum absolute atomic E-state index is 11.6. The molecule has 0 N–H and O–H groups in total. The highest BCUT2D eigenvalue weighted by atomic mass is 32.2. The van der Waals surface area contributed by atoms with Crippen molar-refractivity contribution >= 4 is 20.0 Å². The van der Waals surface area contributed by atoms with Gasteiger partial charge in [-0.25, -0.2) is 8.42 Å². The molecule has 0 radical (unpaired) electrons. The lowest BCUT2D eigenvalue weighted by molar-refractivity contribution is 0.0312. The molecule has 0 aromatic carbocycles. The zero-order valence-corrected chi connectivity index (χ0v) is 10.9.